The van der Waals surface area contributed by atoms with Gasteiger partial charge in [0.25, 0.3) is 5.69 Å². The number of nitrogens with zero attached hydrogens (tertiary/aromatic N) is 2. The van der Waals surface area contributed by atoms with Gasteiger partial charge in [-0.3, -0.25) is 10.1 Å². The third-order valence-electron chi connectivity index (χ3n) is 3.73. The molecule has 0 saturated carbocycles. The molecule has 0 amide bonds. The molecule has 0 bridgehead atoms. The van der Waals surface area contributed by atoms with Gasteiger partial charge in [-0.15, -0.1) is 11.8 Å². The number of carbonyl (C=O) groups is 1. The summed E-state index contributed by atoms with van der Waals surface area (Å²) in [4.78, 5) is 28.0. The Morgan fingerprint density at radius 1 is 1.27 bits per heavy atom. The van der Waals surface area contributed by atoms with Crippen molar-refractivity contribution in [3.05, 3.63) is 74.9 Å². The number of hydrogen-bond donors (Lipinski definition) is 0. The summed E-state index contributed by atoms with van der Waals surface area (Å²) in [5.74, 6) is -0.786. The van der Waals surface area contributed by atoms with Crippen LogP contribution in [-0.4, -0.2) is 22.1 Å². The summed E-state index contributed by atoms with van der Waals surface area (Å²) in [6.07, 6.45) is 1.97. The van der Waals surface area contributed by atoms with E-state index in [0.29, 0.717) is 5.56 Å². The molecule has 0 N–H and O–H groups in total. The quantitative estimate of drug-likeness (QED) is 0.204. The van der Waals surface area contributed by atoms with Crippen LogP contribution in [0.1, 0.15) is 15.9 Å². The molecule has 0 aliphatic heterocycles. The van der Waals surface area contributed by atoms with Gasteiger partial charge < -0.3 is 4.74 Å². The summed E-state index contributed by atoms with van der Waals surface area (Å²) in [6, 6.07) is 13.2. The van der Waals surface area contributed by atoms with Crippen LogP contribution in [0.25, 0.3) is 10.9 Å². The zero-order valence-electron chi connectivity index (χ0n) is 13.6. The Morgan fingerprint density at radius 3 is 2.77 bits per heavy atom. The van der Waals surface area contributed by atoms with Gasteiger partial charge in [0.2, 0.25) is 0 Å². The number of benzene rings is 2. The van der Waals surface area contributed by atoms with Crippen molar-refractivity contribution in [1.29, 1.82) is 0 Å². The van der Waals surface area contributed by atoms with E-state index in [1.807, 2.05) is 24.5 Å². The average molecular weight is 389 g/mol. The highest BCUT2D eigenvalue weighted by molar-refractivity contribution is 7.98. The van der Waals surface area contributed by atoms with E-state index in [4.69, 9.17) is 16.3 Å². The van der Waals surface area contributed by atoms with Gasteiger partial charge in [0.05, 0.1) is 10.4 Å². The summed E-state index contributed by atoms with van der Waals surface area (Å²) in [6.45, 7) is -0.128. The number of halogens is 1. The number of carbonyl (C=O) groups excluding carboxylic acids is 1. The fourth-order valence-corrected chi connectivity index (χ4v) is 3.06. The van der Waals surface area contributed by atoms with Crippen molar-refractivity contribution in [1.82, 2.24) is 4.98 Å². The Morgan fingerprint density at radius 2 is 2.04 bits per heavy atom. The van der Waals surface area contributed by atoms with Crippen LogP contribution in [-0.2, 0) is 11.3 Å². The van der Waals surface area contributed by atoms with Crippen molar-refractivity contribution in [2.45, 2.75) is 11.5 Å². The summed E-state index contributed by atoms with van der Waals surface area (Å²) in [5.41, 5.74) is 0.871. The Labute approximate surface area is 158 Å². The topological polar surface area (TPSA) is 82.3 Å². The highest BCUT2D eigenvalue weighted by Crippen LogP contribution is 2.26. The Bertz CT molecular complexity index is 1010. The first-order valence-electron chi connectivity index (χ1n) is 7.53. The number of aromatic nitrogens is 1. The highest BCUT2D eigenvalue weighted by atomic mass is 35.5. The monoisotopic (exact) mass is 388 g/mol. The van der Waals surface area contributed by atoms with Gasteiger partial charge in [-0.1, -0.05) is 29.8 Å². The Hall–Kier alpha value is -2.64. The average Bonchev–Trinajstić information content (AvgIpc) is 2.65. The second-order valence-electron chi connectivity index (χ2n) is 5.35. The molecule has 132 valence electrons. The molecule has 1 heterocycles. The van der Waals surface area contributed by atoms with E-state index in [0.717, 1.165) is 15.8 Å². The lowest BCUT2D eigenvalue weighted by molar-refractivity contribution is -0.385. The molecule has 6 nitrogen and oxygen atoms in total. The van der Waals surface area contributed by atoms with E-state index in [-0.39, 0.29) is 23.0 Å². The van der Waals surface area contributed by atoms with Gasteiger partial charge >= 0.3 is 5.97 Å². The number of fused-ring (bicyclic) bond motifs is 1. The minimum absolute atomic E-state index is 0.105. The zero-order chi connectivity index (χ0) is 18.7. The first-order valence-corrected chi connectivity index (χ1v) is 9.13. The maximum absolute atomic E-state index is 12.2. The fourth-order valence-electron chi connectivity index (χ4n) is 2.42. The van der Waals surface area contributed by atoms with Gasteiger partial charge in [-0.25, -0.2) is 9.78 Å². The molecule has 2 aromatic carbocycles. The van der Waals surface area contributed by atoms with Crippen molar-refractivity contribution < 1.29 is 14.5 Å². The number of hydrogen-bond acceptors (Lipinski definition) is 6. The fraction of sp³-hybridized carbons (Fsp3) is 0.111. The smallest absolute Gasteiger partial charge is 0.345 e. The second kappa shape index (κ2) is 7.72. The zero-order valence-corrected chi connectivity index (χ0v) is 15.2. The summed E-state index contributed by atoms with van der Waals surface area (Å²) in [7, 11) is 0. The molecular formula is C18H13ClN2O4S. The normalized spacial score (nSPS) is 10.7. The number of para-hydroxylation sites is 1. The van der Waals surface area contributed by atoms with E-state index in [2.05, 4.69) is 4.98 Å². The lowest BCUT2D eigenvalue weighted by atomic mass is 10.1. The van der Waals surface area contributed by atoms with Crippen molar-refractivity contribution in [3.8, 4) is 0 Å². The number of esters is 1. The van der Waals surface area contributed by atoms with Gasteiger partial charge in [0, 0.05) is 21.9 Å². The van der Waals surface area contributed by atoms with Crippen LogP contribution in [0.5, 0.6) is 0 Å². The largest absolute Gasteiger partial charge is 0.457 e. The summed E-state index contributed by atoms with van der Waals surface area (Å²) >= 11 is 7.79. The molecule has 0 atom stereocenters. The Kier molecular flexibility index (Phi) is 5.39. The van der Waals surface area contributed by atoms with Gasteiger partial charge in [0.15, 0.2) is 0 Å². The standard InChI is InChI=1S/C18H13ClN2O4S/c1-26-13-7-6-11-8-12(17(19)20-15(11)9-13)10-25-18(22)14-4-2-3-5-16(14)21(23)24/h2-9H,10H2,1H3. The van der Waals surface area contributed by atoms with E-state index < -0.39 is 10.9 Å². The van der Waals surface area contributed by atoms with E-state index in [1.54, 1.807) is 17.8 Å². The van der Waals surface area contributed by atoms with Crippen molar-refractivity contribution in [2.75, 3.05) is 6.26 Å². The van der Waals surface area contributed by atoms with Crippen LogP contribution >= 0.6 is 23.4 Å². The maximum atomic E-state index is 12.2. The van der Waals surface area contributed by atoms with Gasteiger partial charge in [-0.05, 0) is 30.5 Å². The molecule has 0 saturated heterocycles. The van der Waals surface area contributed by atoms with Crippen molar-refractivity contribution >= 4 is 45.9 Å². The van der Waals surface area contributed by atoms with E-state index >= 15 is 0 Å². The van der Waals surface area contributed by atoms with Gasteiger partial charge in [0.1, 0.15) is 17.3 Å². The van der Waals surface area contributed by atoms with Crippen LogP contribution < -0.4 is 0 Å². The molecule has 3 rings (SSSR count). The summed E-state index contributed by atoms with van der Waals surface area (Å²) < 4.78 is 5.21. The molecule has 0 spiro atoms. The molecule has 8 heteroatoms. The number of nitro groups is 1. The molecule has 0 radical (unpaired) electrons. The van der Waals surface area contributed by atoms with E-state index in [1.165, 1.54) is 24.3 Å². The van der Waals surface area contributed by atoms with E-state index in [9.17, 15) is 14.9 Å². The highest BCUT2D eigenvalue weighted by Gasteiger charge is 2.21. The number of rotatable bonds is 5. The number of pyridine rings is 1. The van der Waals surface area contributed by atoms with Crippen molar-refractivity contribution in [2.24, 2.45) is 0 Å². The molecular weight excluding hydrogens is 376 g/mol. The minimum Gasteiger partial charge on any atom is -0.457 e. The lowest BCUT2D eigenvalue weighted by Gasteiger charge is -2.09. The molecule has 0 unspecified atom stereocenters. The van der Waals surface area contributed by atoms with Crippen LogP contribution in [0.4, 0.5) is 5.69 Å². The van der Waals surface area contributed by atoms with Gasteiger partial charge in [-0.2, -0.15) is 0 Å². The van der Waals surface area contributed by atoms with Crippen molar-refractivity contribution in [3.63, 3.8) is 0 Å². The Balaban J connectivity index is 1.82. The first-order chi connectivity index (χ1) is 12.5. The molecule has 3 aromatic rings. The minimum atomic E-state index is -0.786. The van der Waals surface area contributed by atoms with Crippen LogP contribution in [0.2, 0.25) is 5.15 Å². The lowest BCUT2D eigenvalue weighted by Crippen LogP contribution is -2.08. The number of nitro benzene ring substituents is 1. The summed E-state index contributed by atoms with van der Waals surface area (Å²) in [5, 5.41) is 12.1. The molecule has 0 aliphatic carbocycles. The third kappa shape index (κ3) is 3.79. The maximum Gasteiger partial charge on any atom is 0.345 e. The SMILES string of the molecule is CSc1ccc2cc(COC(=O)c3ccccc3[N+](=O)[O-])c(Cl)nc2c1. The first kappa shape index (κ1) is 18.2. The molecule has 0 aliphatic rings. The van der Waals surface area contributed by atoms with Crippen LogP contribution in [0.3, 0.4) is 0 Å². The number of ether oxygens (including phenoxy) is 1. The number of thioether (sulfide) groups is 1. The molecule has 26 heavy (non-hydrogen) atoms. The predicted octanol–water partition coefficient (Wildman–Crippen LogP) is 4.88. The molecule has 1 aromatic heterocycles. The second-order valence-corrected chi connectivity index (χ2v) is 6.58. The van der Waals surface area contributed by atoms with Crippen LogP contribution in [0, 0.1) is 10.1 Å². The van der Waals surface area contributed by atoms with Crippen LogP contribution in [0.15, 0.2) is 53.4 Å². The molecule has 0 fully saturated rings. The predicted molar refractivity (Wildman–Crippen MR) is 101 cm³/mol. The third-order valence-corrected chi connectivity index (χ3v) is 4.78.